The molecule has 2 aromatic rings. The van der Waals surface area contributed by atoms with E-state index in [9.17, 15) is 4.79 Å². The quantitative estimate of drug-likeness (QED) is 0.838. The molecule has 0 spiro atoms. The van der Waals surface area contributed by atoms with Gasteiger partial charge in [0.15, 0.2) is 0 Å². The van der Waals surface area contributed by atoms with Crippen LogP contribution in [0.2, 0.25) is 5.02 Å². The summed E-state index contributed by atoms with van der Waals surface area (Å²) < 4.78 is 0. The lowest BCUT2D eigenvalue weighted by molar-refractivity contribution is -0.117. The number of nitrogens with zero attached hydrogens (tertiary/aromatic N) is 1. The lowest BCUT2D eigenvalue weighted by Gasteiger charge is -2.09. The highest BCUT2D eigenvalue weighted by molar-refractivity contribution is 6.36. The van der Waals surface area contributed by atoms with E-state index in [1.807, 2.05) is 6.07 Å². The van der Waals surface area contributed by atoms with Crippen LogP contribution in [0.25, 0.3) is 10.9 Å². The molecular formula is C11H8Cl2N2O. The number of pyridine rings is 1. The number of alkyl halides is 1. The fraction of sp³-hybridized carbons (Fsp3) is 0.0909. The van der Waals surface area contributed by atoms with E-state index >= 15 is 0 Å². The van der Waals surface area contributed by atoms with E-state index in [1.54, 1.807) is 24.4 Å². The molecule has 1 unspecified atom stereocenters. The third-order valence-electron chi connectivity index (χ3n) is 2.27. The van der Waals surface area contributed by atoms with Gasteiger partial charge in [0.2, 0.25) is 5.91 Å². The number of hydrogen-bond donors (Lipinski definition) is 1. The number of nitrogens with two attached hydrogens (primary N) is 1. The number of carbonyl (C=O) groups is 1. The summed E-state index contributed by atoms with van der Waals surface area (Å²) >= 11 is 11.9. The lowest BCUT2D eigenvalue weighted by atomic mass is 10.1. The maximum Gasteiger partial charge on any atom is 0.240 e. The van der Waals surface area contributed by atoms with Crippen LogP contribution in [0.3, 0.4) is 0 Å². The van der Waals surface area contributed by atoms with Crippen molar-refractivity contribution in [2.75, 3.05) is 0 Å². The van der Waals surface area contributed by atoms with E-state index < -0.39 is 11.3 Å². The lowest BCUT2D eigenvalue weighted by Crippen LogP contribution is -2.17. The molecule has 1 atom stereocenters. The zero-order valence-corrected chi connectivity index (χ0v) is 9.66. The molecule has 3 nitrogen and oxygen atoms in total. The molecule has 5 heteroatoms. The summed E-state index contributed by atoms with van der Waals surface area (Å²) in [5.74, 6) is -0.601. The van der Waals surface area contributed by atoms with Crippen LogP contribution >= 0.6 is 23.2 Å². The van der Waals surface area contributed by atoms with Crippen molar-refractivity contribution in [3.8, 4) is 0 Å². The van der Waals surface area contributed by atoms with Gasteiger partial charge in [-0.2, -0.15) is 0 Å². The van der Waals surface area contributed by atoms with Crippen LogP contribution in [0.5, 0.6) is 0 Å². The SMILES string of the molecule is NC(=O)C(Cl)c1ccc(Cl)c2cccnc12. The summed E-state index contributed by atoms with van der Waals surface area (Å²) in [5.41, 5.74) is 6.35. The van der Waals surface area contributed by atoms with Crippen molar-refractivity contribution in [2.24, 2.45) is 5.73 Å². The van der Waals surface area contributed by atoms with E-state index in [0.29, 0.717) is 16.1 Å². The molecule has 0 bridgehead atoms. The highest BCUT2D eigenvalue weighted by atomic mass is 35.5. The van der Waals surface area contributed by atoms with Gasteiger partial charge in [0.1, 0.15) is 5.38 Å². The summed E-state index contributed by atoms with van der Waals surface area (Å²) in [4.78, 5) is 15.2. The Kier molecular flexibility index (Phi) is 2.99. The molecule has 0 radical (unpaired) electrons. The molecule has 1 aromatic carbocycles. The van der Waals surface area contributed by atoms with Gasteiger partial charge in [-0.05, 0) is 18.2 Å². The van der Waals surface area contributed by atoms with Gasteiger partial charge in [0, 0.05) is 22.2 Å². The van der Waals surface area contributed by atoms with E-state index in [2.05, 4.69) is 4.98 Å². The second-order valence-electron chi connectivity index (χ2n) is 3.30. The second kappa shape index (κ2) is 4.28. The van der Waals surface area contributed by atoms with E-state index in [0.717, 1.165) is 5.39 Å². The van der Waals surface area contributed by atoms with E-state index in [-0.39, 0.29) is 0 Å². The summed E-state index contributed by atoms with van der Waals surface area (Å²) in [6.45, 7) is 0. The highest BCUT2D eigenvalue weighted by Crippen LogP contribution is 2.30. The fourth-order valence-corrected chi connectivity index (χ4v) is 1.91. The Bertz CT molecular complexity index is 557. The van der Waals surface area contributed by atoms with Crippen molar-refractivity contribution in [2.45, 2.75) is 5.38 Å². The molecular weight excluding hydrogens is 247 g/mol. The second-order valence-corrected chi connectivity index (χ2v) is 4.14. The monoisotopic (exact) mass is 254 g/mol. The zero-order valence-electron chi connectivity index (χ0n) is 8.15. The standard InChI is InChI=1S/C11H8Cl2N2O/c12-8-4-3-7(9(13)11(14)16)10-6(8)2-1-5-15-10/h1-5,9H,(H2,14,16). The zero-order chi connectivity index (χ0) is 11.7. The normalized spacial score (nSPS) is 12.6. The molecule has 2 N–H and O–H groups in total. The molecule has 0 fully saturated rings. The topological polar surface area (TPSA) is 56.0 Å². The summed E-state index contributed by atoms with van der Waals surface area (Å²) in [6, 6.07) is 6.93. The average Bonchev–Trinajstić information content (AvgIpc) is 2.29. The van der Waals surface area contributed by atoms with Crippen molar-refractivity contribution < 1.29 is 4.79 Å². The van der Waals surface area contributed by atoms with E-state index in [1.165, 1.54) is 0 Å². The number of fused-ring (bicyclic) bond motifs is 1. The largest absolute Gasteiger partial charge is 0.368 e. The number of carbonyl (C=O) groups excluding carboxylic acids is 1. The smallest absolute Gasteiger partial charge is 0.240 e. The Balaban J connectivity index is 2.72. The minimum atomic E-state index is -0.894. The number of amides is 1. The van der Waals surface area contributed by atoms with Crippen LogP contribution in [0.15, 0.2) is 30.5 Å². The summed E-state index contributed by atoms with van der Waals surface area (Å²) in [7, 11) is 0. The highest BCUT2D eigenvalue weighted by Gasteiger charge is 2.18. The van der Waals surface area contributed by atoms with Crippen LogP contribution in [0, 0.1) is 0 Å². The van der Waals surface area contributed by atoms with Gasteiger partial charge in [-0.1, -0.05) is 17.7 Å². The molecule has 0 aliphatic rings. The third-order valence-corrected chi connectivity index (χ3v) is 3.05. The number of primary amides is 1. The van der Waals surface area contributed by atoms with Gasteiger partial charge in [-0.15, -0.1) is 11.6 Å². The Morgan fingerprint density at radius 1 is 1.38 bits per heavy atom. The number of aromatic nitrogens is 1. The van der Waals surface area contributed by atoms with Gasteiger partial charge < -0.3 is 5.73 Å². The molecule has 0 saturated carbocycles. The van der Waals surface area contributed by atoms with Crippen molar-refractivity contribution in [3.05, 3.63) is 41.0 Å². The Morgan fingerprint density at radius 3 is 2.81 bits per heavy atom. The van der Waals surface area contributed by atoms with Crippen molar-refractivity contribution >= 4 is 40.0 Å². The predicted molar refractivity (Wildman–Crippen MR) is 64.5 cm³/mol. The maximum atomic E-state index is 11.1. The minimum absolute atomic E-state index is 0.570. The van der Waals surface area contributed by atoms with Gasteiger partial charge in [0.25, 0.3) is 0 Å². The first-order chi connectivity index (χ1) is 7.61. The van der Waals surface area contributed by atoms with Crippen LogP contribution in [-0.4, -0.2) is 10.9 Å². The molecule has 0 saturated heterocycles. The first-order valence-corrected chi connectivity index (χ1v) is 5.39. The molecule has 0 aliphatic heterocycles. The van der Waals surface area contributed by atoms with Crippen LogP contribution in [-0.2, 0) is 4.79 Å². The van der Waals surface area contributed by atoms with Crippen LogP contribution in [0.4, 0.5) is 0 Å². The molecule has 1 heterocycles. The van der Waals surface area contributed by atoms with Gasteiger partial charge in [-0.3, -0.25) is 9.78 Å². The molecule has 2 rings (SSSR count). The summed E-state index contributed by atoms with van der Waals surface area (Å²) in [6.07, 6.45) is 1.62. The van der Waals surface area contributed by atoms with Gasteiger partial charge in [0.05, 0.1) is 5.52 Å². The van der Waals surface area contributed by atoms with Crippen molar-refractivity contribution in [3.63, 3.8) is 0 Å². The fourth-order valence-electron chi connectivity index (χ4n) is 1.52. The van der Waals surface area contributed by atoms with Crippen LogP contribution < -0.4 is 5.73 Å². The maximum absolute atomic E-state index is 11.1. The Morgan fingerprint density at radius 2 is 2.12 bits per heavy atom. The van der Waals surface area contributed by atoms with Gasteiger partial charge in [-0.25, -0.2) is 0 Å². The Hall–Kier alpha value is -1.32. The molecule has 1 aromatic heterocycles. The number of hydrogen-bond acceptors (Lipinski definition) is 2. The first kappa shape index (κ1) is 11.2. The number of benzene rings is 1. The average molecular weight is 255 g/mol. The number of rotatable bonds is 2. The molecule has 16 heavy (non-hydrogen) atoms. The Labute approximate surface area is 102 Å². The number of halogens is 2. The first-order valence-electron chi connectivity index (χ1n) is 4.58. The van der Waals surface area contributed by atoms with Gasteiger partial charge >= 0.3 is 0 Å². The molecule has 0 aliphatic carbocycles. The predicted octanol–water partition coefficient (Wildman–Crippen LogP) is 2.65. The van der Waals surface area contributed by atoms with Crippen molar-refractivity contribution in [1.82, 2.24) is 4.98 Å². The molecule has 82 valence electrons. The third kappa shape index (κ3) is 1.84. The van der Waals surface area contributed by atoms with Crippen molar-refractivity contribution in [1.29, 1.82) is 0 Å². The summed E-state index contributed by atoms with van der Waals surface area (Å²) in [5, 5.41) is 0.434. The van der Waals surface area contributed by atoms with Crippen LogP contribution in [0.1, 0.15) is 10.9 Å². The minimum Gasteiger partial charge on any atom is -0.368 e. The van der Waals surface area contributed by atoms with E-state index in [4.69, 9.17) is 28.9 Å². The molecule has 1 amide bonds.